The maximum atomic E-state index is 13.5. The van der Waals surface area contributed by atoms with Gasteiger partial charge >= 0.3 is 0 Å². The van der Waals surface area contributed by atoms with Crippen LogP contribution in [0.25, 0.3) is 22.4 Å². The molecule has 0 spiro atoms. The summed E-state index contributed by atoms with van der Waals surface area (Å²) < 4.78 is 13.5. The Hall–Kier alpha value is -3.65. The molecule has 0 unspecified atom stereocenters. The van der Waals surface area contributed by atoms with Crippen molar-refractivity contribution in [1.82, 2.24) is 15.1 Å². The third kappa shape index (κ3) is 6.07. The Balaban J connectivity index is 1.28. The SMILES string of the molecule is CCC(=O)N(C)[C@H]1CC[C@H](CC(=O)Nc2cc(-c3ccccc3)c(-c3ccc(C4(N)CC(F)C4)cc3)nn2)CC1. The number of nitrogens with two attached hydrogens (primary N) is 1. The van der Waals surface area contributed by atoms with Gasteiger partial charge in [-0.05, 0) is 48.8 Å². The van der Waals surface area contributed by atoms with Gasteiger partial charge < -0.3 is 16.0 Å². The second-order valence-corrected chi connectivity index (χ2v) is 11.4. The predicted octanol–water partition coefficient (Wildman–Crippen LogP) is 5.85. The lowest BCUT2D eigenvalue weighted by Gasteiger charge is -2.41. The monoisotopic (exact) mass is 543 g/mol. The number of carbonyl (C=O) groups excluding carboxylic acids is 2. The molecule has 0 saturated heterocycles. The summed E-state index contributed by atoms with van der Waals surface area (Å²) in [6, 6.07) is 19.8. The van der Waals surface area contributed by atoms with E-state index in [-0.39, 0.29) is 23.8 Å². The van der Waals surface area contributed by atoms with E-state index < -0.39 is 11.7 Å². The Kier molecular flexibility index (Phi) is 8.26. The molecule has 1 heterocycles. The highest BCUT2D eigenvalue weighted by molar-refractivity contribution is 5.91. The van der Waals surface area contributed by atoms with Crippen LogP contribution in [0, 0.1) is 5.92 Å². The van der Waals surface area contributed by atoms with Crippen molar-refractivity contribution in [3.63, 3.8) is 0 Å². The average molecular weight is 544 g/mol. The summed E-state index contributed by atoms with van der Waals surface area (Å²) >= 11 is 0. The summed E-state index contributed by atoms with van der Waals surface area (Å²) in [5, 5.41) is 11.8. The van der Waals surface area contributed by atoms with Gasteiger partial charge in [-0.25, -0.2) is 4.39 Å². The van der Waals surface area contributed by atoms with Gasteiger partial charge in [-0.3, -0.25) is 9.59 Å². The van der Waals surface area contributed by atoms with Crippen LogP contribution in [0.1, 0.15) is 63.9 Å². The number of alkyl halides is 1. The summed E-state index contributed by atoms with van der Waals surface area (Å²) in [6.07, 6.45) is 4.47. The summed E-state index contributed by atoms with van der Waals surface area (Å²) in [4.78, 5) is 26.9. The molecule has 2 aromatic carbocycles. The third-order valence-electron chi connectivity index (χ3n) is 8.58. The smallest absolute Gasteiger partial charge is 0.225 e. The van der Waals surface area contributed by atoms with Crippen LogP contribution in [0.4, 0.5) is 10.2 Å². The number of aromatic nitrogens is 2. The Morgan fingerprint density at radius 1 is 1.00 bits per heavy atom. The van der Waals surface area contributed by atoms with Crippen molar-refractivity contribution in [2.75, 3.05) is 12.4 Å². The molecule has 0 aliphatic heterocycles. The number of rotatable bonds is 8. The lowest BCUT2D eigenvalue weighted by Crippen LogP contribution is -2.50. The van der Waals surface area contributed by atoms with Gasteiger partial charge in [0.1, 0.15) is 11.9 Å². The Labute approximate surface area is 235 Å². The van der Waals surface area contributed by atoms with E-state index in [9.17, 15) is 14.0 Å². The van der Waals surface area contributed by atoms with E-state index in [0.717, 1.165) is 47.9 Å². The molecule has 2 saturated carbocycles. The van der Waals surface area contributed by atoms with E-state index in [1.807, 2.05) is 79.5 Å². The van der Waals surface area contributed by atoms with Crippen molar-refractivity contribution in [3.8, 4) is 22.4 Å². The topological polar surface area (TPSA) is 101 Å². The fourth-order valence-electron chi connectivity index (χ4n) is 6.08. The largest absolute Gasteiger partial charge is 0.343 e. The molecule has 2 aliphatic rings. The minimum atomic E-state index is -0.837. The average Bonchev–Trinajstić information content (AvgIpc) is 2.96. The zero-order chi connectivity index (χ0) is 28.3. The number of halogens is 1. The Morgan fingerprint density at radius 3 is 2.30 bits per heavy atom. The Bertz CT molecular complexity index is 1330. The van der Waals surface area contributed by atoms with Crippen LogP contribution in [0.5, 0.6) is 0 Å². The zero-order valence-corrected chi connectivity index (χ0v) is 23.3. The molecule has 5 rings (SSSR count). The van der Waals surface area contributed by atoms with Gasteiger partial charge in [0, 0.05) is 55.4 Å². The first-order chi connectivity index (χ1) is 19.3. The van der Waals surface area contributed by atoms with Crippen LogP contribution in [-0.2, 0) is 15.1 Å². The van der Waals surface area contributed by atoms with Gasteiger partial charge in [-0.2, -0.15) is 0 Å². The minimum absolute atomic E-state index is 0.0771. The second kappa shape index (κ2) is 11.8. The van der Waals surface area contributed by atoms with E-state index in [2.05, 4.69) is 15.5 Å². The first-order valence-electron chi connectivity index (χ1n) is 14.3. The zero-order valence-electron chi connectivity index (χ0n) is 23.3. The molecule has 2 aliphatic carbocycles. The third-order valence-corrected chi connectivity index (χ3v) is 8.58. The maximum Gasteiger partial charge on any atom is 0.225 e. The predicted molar refractivity (Wildman–Crippen MR) is 155 cm³/mol. The number of amides is 2. The molecule has 3 N–H and O–H groups in total. The molecule has 0 radical (unpaired) electrons. The van der Waals surface area contributed by atoms with Gasteiger partial charge in [-0.15, -0.1) is 10.2 Å². The van der Waals surface area contributed by atoms with E-state index in [1.54, 1.807) is 0 Å². The number of benzene rings is 2. The van der Waals surface area contributed by atoms with Crippen LogP contribution < -0.4 is 11.1 Å². The van der Waals surface area contributed by atoms with Crippen LogP contribution in [-0.4, -0.2) is 46.2 Å². The molecular weight excluding hydrogens is 505 g/mol. The molecular formula is C32H38FN5O2. The highest BCUT2D eigenvalue weighted by Crippen LogP contribution is 2.41. The molecule has 3 aromatic rings. The van der Waals surface area contributed by atoms with E-state index in [0.29, 0.717) is 37.2 Å². The fourth-order valence-corrected chi connectivity index (χ4v) is 6.08. The quantitative estimate of drug-likeness (QED) is 0.371. The minimum Gasteiger partial charge on any atom is -0.343 e. The lowest BCUT2D eigenvalue weighted by molar-refractivity contribution is -0.132. The van der Waals surface area contributed by atoms with Gasteiger partial charge in [0.25, 0.3) is 0 Å². The molecule has 40 heavy (non-hydrogen) atoms. The molecule has 7 nitrogen and oxygen atoms in total. The van der Waals surface area contributed by atoms with E-state index in [1.165, 1.54) is 0 Å². The van der Waals surface area contributed by atoms with Gasteiger partial charge in [0.2, 0.25) is 11.8 Å². The summed E-state index contributed by atoms with van der Waals surface area (Å²) in [6.45, 7) is 1.89. The molecule has 8 heteroatoms. The van der Waals surface area contributed by atoms with Crippen LogP contribution >= 0.6 is 0 Å². The Morgan fingerprint density at radius 2 is 1.68 bits per heavy atom. The van der Waals surface area contributed by atoms with Crippen LogP contribution in [0.2, 0.25) is 0 Å². The van der Waals surface area contributed by atoms with Crippen molar-refractivity contribution < 1.29 is 14.0 Å². The van der Waals surface area contributed by atoms with Crippen LogP contribution in [0.15, 0.2) is 60.7 Å². The standard InChI is InChI=1S/C32H38FN5O2/c1-3-30(40)38(2)26-15-9-21(10-16-26)17-29(39)35-28-18-27(22-7-5-4-6-8-22)31(37-36-28)23-11-13-24(14-12-23)32(34)19-25(33)20-32/h4-8,11-14,18,21,25-26H,3,9-10,15-17,19-20,34H2,1-2H3,(H,35,36,39)/t21-,25?,26-,32?. The number of anilines is 1. The van der Waals surface area contributed by atoms with E-state index >= 15 is 0 Å². The first kappa shape index (κ1) is 27.9. The first-order valence-corrected chi connectivity index (χ1v) is 14.3. The van der Waals surface area contributed by atoms with Crippen molar-refractivity contribution in [2.24, 2.45) is 11.7 Å². The maximum absolute atomic E-state index is 13.5. The highest BCUT2D eigenvalue weighted by Gasteiger charge is 2.42. The van der Waals surface area contributed by atoms with Gasteiger partial charge in [-0.1, -0.05) is 61.5 Å². The molecule has 210 valence electrons. The highest BCUT2D eigenvalue weighted by atomic mass is 19.1. The number of carbonyl (C=O) groups is 2. The summed E-state index contributed by atoms with van der Waals surface area (Å²) in [5.74, 6) is 0.794. The van der Waals surface area contributed by atoms with Crippen molar-refractivity contribution in [3.05, 3.63) is 66.2 Å². The van der Waals surface area contributed by atoms with Gasteiger partial charge in [0.15, 0.2) is 5.82 Å². The summed E-state index contributed by atoms with van der Waals surface area (Å²) in [7, 11) is 1.88. The number of hydrogen-bond acceptors (Lipinski definition) is 5. The molecule has 2 fully saturated rings. The molecule has 2 amide bonds. The molecule has 0 atom stereocenters. The fraction of sp³-hybridized carbons (Fsp3) is 0.438. The molecule has 0 bridgehead atoms. The van der Waals surface area contributed by atoms with Gasteiger partial charge in [0.05, 0.1) is 0 Å². The second-order valence-electron chi connectivity index (χ2n) is 11.4. The van der Waals surface area contributed by atoms with Crippen molar-refractivity contribution >= 4 is 17.6 Å². The summed E-state index contributed by atoms with van der Waals surface area (Å²) in [5.41, 5.74) is 10.1. The van der Waals surface area contributed by atoms with Crippen molar-refractivity contribution in [1.29, 1.82) is 0 Å². The number of nitrogens with zero attached hydrogens (tertiary/aromatic N) is 3. The van der Waals surface area contributed by atoms with Crippen LogP contribution in [0.3, 0.4) is 0 Å². The van der Waals surface area contributed by atoms with Crippen molar-refractivity contribution in [2.45, 2.75) is 76.0 Å². The normalized spacial score (nSPS) is 24.1. The molecule has 1 aromatic heterocycles. The number of nitrogens with one attached hydrogen (secondary N) is 1. The lowest BCUT2D eigenvalue weighted by atomic mass is 9.71. The number of hydrogen-bond donors (Lipinski definition) is 2. The van der Waals surface area contributed by atoms with E-state index in [4.69, 9.17) is 5.73 Å².